The third-order valence-corrected chi connectivity index (χ3v) is 1.65. The Kier molecular flexibility index (Phi) is 5.60. The molecule has 0 saturated carbocycles. The summed E-state index contributed by atoms with van der Waals surface area (Å²) in [5.41, 5.74) is 0.269. The van der Waals surface area contributed by atoms with Crippen LogP contribution in [0.3, 0.4) is 0 Å². The lowest BCUT2D eigenvalue weighted by atomic mass is 10.0. The fourth-order valence-corrected chi connectivity index (χ4v) is 0.988. The molecule has 0 aliphatic carbocycles. The second-order valence-corrected chi connectivity index (χ2v) is 3.41. The molecule has 80 valence electrons. The molecule has 0 heterocycles. The van der Waals surface area contributed by atoms with Crippen molar-refractivity contribution in [3.05, 3.63) is 11.6 Å². The number of carboxylic acids is 1. The van der Waals surface area contributed by atoms with E-state index in [0.717, 1.165) is 0 Å². The van der Waals surface area contributed by atoms with Crippen LogP contribution >= 0.6 is 0 Å². The molecule has 0 saturated heterocycles. The van der Waals surface area contributed by atoms with E-state index in [0.29, 0.717) is 6.42 Å². The highest BCUT2D eigenvalue weighted by Crippen LogP contribution is 2.11. The minimum atomic E-state index is -0.970. The summed E-state index contributed by atoms with van der Waals surface area (Å²) < 4.78 is 4.41. The van der Waals surface area contributed by atoms with E-state index < -0.39 is 11.9 Å². The highest BCUT2D eigenvalue weighted by Gasteiger charge is 2.10. The summed E-state index contributed by atoms with van der Waals surface area (Å²) in [6.45, 7) is 3.85. The smallest absolute Gasteiger partial charge is 0.331 e. The van der Waals surface area contributed by atoms with Crippen molar-refractivity contribution in [3.63, 3.8) is 0 Å². The first-order valence-electron chi connectivity index (χ1n) is 4.46. The van der Waals surface area contributed by atoms with Gasteiger partial charge in [-0.3, -0.25) is 4.79 Å². The summed E-state index contributed by atoms with van der Waals surface area (Å²) in [6, 6.07) is 0. The van der Waals surface area contributed by atoms with E-state index in [4.69, 9.17) is 5.11 Å². The number of rotatable bonds is 5. The maximum atomic E-state index is 10.8. The van der Waals surface area contributed by atoms with Crippen molar-refractivity contribution >= 4 is 11.9 Å². The number of hydrogen-bond acceptors (Lipinski definition) is 3. The van der Waals surface area contributed by atoms with Gasteiger partial charge in [-0.1, -0.05) is 19.9 Å². The van der Waals surface area contributed by atoms with Crippen molar-refractivity contribution in [1.82, 2.24) is 0 Å². The number of methoxy groups -OCH3 is 1. The third-order valence-electron chi connectivity index (χ3n) is 1.65. The Labute approximate surface area is 83.6 Å². The van der Waals surface area contributed by atoms with Crippen LogP contribution in [0.15, 0.2) is 11.6 Å². The van der Waals surface area contributed by atoms with Gasteiger partial charge in [0.25, 0.3) is 0 Å². The molecule has 0 amide bonds. The Morgan fingerprint density at radius 2 is 2.00 bits per heavy atom. The van der Waals surface area contributed by atoms with Crippen LogP contribution in [0.5, 0.6) is 0 Å². The van der Waals surface area contributed by atoms with Gasteiger partial charge in [-0.05, 0) is 12.3 Å². The zero-order valence-electron chi connectivity index (χ0n) is 8.74. The monoisotopic (exact) mass is 200 g/mol. The fourth-order valence-electron chi connectivity index (χ4n) is 0.988. The van der Waals surface area contributed by atoms with Crippen LogP contribution in [0, 0.1) is 5.92 Å². The second-order valence-electron chi connectivity index (χ2n) is 3.41. The summed E-state index contributed by atoms with van der Waals surface area (Å²) in [7, 11) is 1.28. The van der Waals surface area contributed by atoms with E-state index in [1.807, 2.05) is 13.8 Å². The average Bonchev–Trinajstić information content (AvgIpc) is 2.10. The van der Waals surface area contributed by atoms with E-state index in [-0.39, 0.29) is 17.9 Å². The first-order valence-corrected chi connectivity index (χ1v) is 4.46. The van der Waals surface area contributed by atoms with Gasteiger partial charge in [0.1, 0.15) is 0 Å². The molecule has 0 fully saturated rings. The first-order chi connectivity index (χ1) is 6.47. The Balaban J connectivity index is 4.33. The third kappa shape index (κ3) is 5.35. The lowest BCUT2D eigenvalue weighted by Gasteiger charge is -2.05. The molecule has 4 nitrogen and oxygen atoms in total. The molecule has 4 heteroatoms. The van der Waals surface area contributed by atoms with Gasteiger partial charge in [0.15, 0.2) is 0 Å². The van der Waals surface area contributed by atoms with Crippen molar-refractivity contribution in [2.24, 2.45) is 5.92 Å². The lowest BCUT2D eigenvalue weighted by molar-refractivity contribution is -0.139. The van der Waals surface area contributed by atoms with Crippen LogP contribution in [-0.4, -0.2) is 24.2 Å². The number of esters is 1. The fraction of sp³-hybridized carbons (Fsp3) is 0.600. The van der Waals surface area contributed by atoms with E-state index in [2.05, 4.69) is 4.74 Å². The molecule has 0 unspecified atom stereocenters. The largest absolute Gasteiger partial charge is 0.478 e. The van der Waals surface area contributed by atoms with E-state index in [1.54, 1.807) is 0 Å². The van der Waals surface area contributed by atoms with Crippen molar-refractivity contribution in [2.75, 3.05) is 7.11 Å². The molecule has 0 radical (unpaired) electrons. The van der Waals surface area contributed by atoms with Gasteiger partial charge in [0, 0.05) is 5.57 Å². The Morgan fingerprint density at radius 1 is 1.43 bits per heavy atom. The summed E-state index contributed by atoms with van der Waals surface area (Å²) in [6.07, 6.45) is 1.89. The number of carboxylic acid groups (broad SMARTS) is 1. The van der Waals surface area contributed by atoms with Crippen LogP contribution in [0.25, 0.3) is 0 Å². The number of carbonyl (C=O) groups excluding carboxylic acids is 1. The molecule has 0 bridgehead atoms. The lowest BCUT2D eigenvalue weighted by Crippen LogP contribution is -2.06. The van der Waals surface area contributed by atoms with Gasteiger partial charge in [0.2, 0.25) is 0 Å². The van der Waals surface area contributed by atoms with Crippen molar-refractivity contribution < 1.29 is 19.4 Å². The molecule has 0 aliphatic heterocycles. The molecule has 0 aromatic heterocycles. The average molecular weight is 200 g/mol. The predicted octanol–water partition coefficient (Wildman–Crippen LogP) is 1.61. The number of aliphatic carboxylic acids is 1. The molecule has 0 atom stereocenters. The highest BCUT2D eigenvalue weighted by atomic mass is 16.5. The van der Waals surface area contributed by atoms with Gasteiger partial charge in [-0.15, -0.1) is 0 Å². The standard InChI is InChI=1S/C10H16O4/c1-7(2)6-8(10(12)13)4-5-9(11)14-3/h4,7H,5-6H2,1-3H3,(H,12,13). The Hall–Kier alpha value is -1.32. The minimum absolute atomic E-state index is 0.0187. The molecule has 1 N–H and O–H groups in total. The SMILES string of the molecule is COC(=O)CC=C(CC(C)C)C(=O)O. The molecule has 0 aromatic carbocycles. The predicted molar refractivity (Wildman–Crippen MR) is 51.8 cm³/mol. The highest BCUT2D eigenvalue weighted by molar-refractivity contribution is 5.87. The Morgan fingerprint density at radius 3 is 2.36 bits per heavy atom. The van der Waals surface area contributed by atoms with Crippen LogP contribution in [0.1, 0.15) is 26.7 Å². The number of ether oxygens (including phenoxy) is 1. The molecule has 0 rings (SSSR count). The summed E-state index contributed by atoms with van der Waals surface area (Å²) in [5, 5.41) is 8.79. The number of hydrogen-bond donors (Lipinski definition) is 1. The van der Waals surface area contributed by atoms with Crippen LogP contribution in [0.2, 0.25) is 0 Å². The van der Waals surface area contributed by atoms with Crippen LogP contribution < -0.4 is 0 Å². The van der Waals surface area contributed by atoms with Crippen LogP contribution in [-0.2, 0) is 14.3 Å². The van der Waals surface area contributed by atoms with Crippen LogP contribution in [0.4, 0.5) is 0 Å². The first kappa shape index (κ1) is 12.7. The number of carbonyl (C=O) groups is 2. The van der Waals surface area contributed by atoms with Gasteiger partial charge in [-0.25, -0.2) is 4.79 Å². The Bertz CT molecular complexity index is 241. The molecular weight excluding hydrogens is 184 g/mol. The van der Waals surface area contributed by atoms with Gasteiger partial charge < -0.3 is 9.84 Å². The second kappa shape index (κ2) is 6.18. The normalized spacial score (nSPS) is 11.6. The summed E-state index contributed by atoms with van der Waals surface area (Å²) in [4.78, 5) is 21.5. The van der Waals surface area contributed by atoms with E-state index in [9.17, 15) is 9.59 Å². The van der Waals surface area contributed by atoms with Crippen molar-refractivity contribution in [3.8, 4) is 0 Å². The summed E-state index contributed by atoms with van der Waals surface area (Å²) >= 11 is 0. The molecule has 0 aromatic rings. The molecule has 0 aliphatic rings. The maximum Gasteiger partial charge on any atom is 0.331 e. The van der Waals surface area contributed by atoms with E-state index in [1.165, 1.54) is 13.2 Å². The molecule has 14 heavy (non-hydrogen) atoms. The topological polar surface area (TPSA) is 63.6 Å². The van der Waals surface area contributed by atoms with Gasteiger partial charge in [0.05, 0.1) is 13.5 Å². The summed E-state index contributed by atoms with van der Waals surface area (Å²) in [5.74, 6) is -1.13. The molecule has 0 spiro atoms. The van der Waals surface area contributed by atoms with Gasteiger partial charge >= 0.3 is 11.9 Å². The van der Waals surface area contributed by atoms with E-state index >= 15 is 0 Å². The maximum absolute atomic E-state index is 10.8. The van der Waals surface area contributed by atoms with Crippen molar-refractivity contribution in [2.45, 2.75) is 26.7 Å². The zero-order chi connectivity index (χ0) is 11.1. The van der Waals surface area contributed by atoms with Gasteiger partial charge in [-0.2, -0.15) is 0 Å². The minimum Gasteiger partial charge on any atom is -0.478 e. The molecular formula is C10H16O4. The van der Waals surface area contributed by atoms with Crippen molar-refractivity contribution in [1.29, 1.82) is 0 Å². The zero-order valence-corrected chi connectivity index (χ0v) is 8.74. The quantitative estimate of drug-likeness (QED) is 0.541.